The van der Waals surface area contributed by atoms with Crippen LogP contribution in [0.3, 0.4) is 0 Å². The first-order chi connectivity index (χ1) is 22.5. The highest BCUT2D eigenvalue weighted by Crippen LogP contribution is 2.43. The van der Waals surface area contributed by atoms with Gasteiger partial charge in [-0.05, 0) is 98.6 Å². The van der Waals surface area contributed by atoms with Gasteiger partial charge in [0, 0.05) is 27.7 Å². The number of nitrogens with zero attached hydrogens (tertiary/aromatic N) is 4. The van der Waals surface area contributed by atoms with Crippen molar-refractivity contribution in [1.82, 2.24) is 9.66 Å². The number of hydrogen-bond acceptors (Lipinski definition) is 8. The van der Waals surface area contributed by atoms with E-state index in [4.69, 9.17) is 19.2 Å². The van der Waals surface area contributed by atoms with Gasteiger partial charge in [0.2, 0.25) is 0 Å². The van der Waals surface area contributed by atoms with Gasteiger partial charge in [0.25, 0.3) is 11.2 Å². The van der Waals surface area contributed by atoms with Gasteiger partial charge in [-0.3, -0.25) is 14.9 Å². The Morgan fingerprint density at radius 3 is 2.49 bits per heavy atom. The normalized spacial score (nSPS) is 11.4. The summed E-state index contributed by atoms with van der Waals surface area (Å²) in [7, 11) is 1.51. The summed E-state index contributed by atoms with van der Waals surface area (Å²) in [5.74, 6) is 2.14. The fraction of sp³-hybridized carbons (Fsp3) is 0.229. The lowest BCUT2D eigenvalue weighted by molar-refractivity contribution is -0.384. The number of benzene rings is 4. The van der Waals surface area contributed by atoms with Gasteiger partial charge in [0.05, 0.1) is 40.2 Å². The molecule has 0 aliphatic rings. The Morgan fingerprint density at radius 1 is 1.02 bits per heavy atom. The molecular weight excluding hydrogens is 732 g/mol. The smallest absolute Gasteiger partial charge is 0.282 e. The minimum atomic E-state index is -0.451. The molecule has 0 N–H and O–H groups in total. The number of ether oxygens (including phenoxy) is 3. The summed E-state index contributed by atoms with van der Waals surface area (Å²) in [6, 6.07) is 19.1. The van der Waals surface area contributed by atoms with Gasteiger partial charge in [-0.15, -0.1) is 0 Å². The summed E-state index contributed by atoms with van der Waals surface area (Å²) in [5, 5.41) is 16.3. The van der Waals surface area contributed by atoms with E-state index in [0.717, 1.165) is 22.4 Å². The van der Waals surface area contributed by atoms with Crippen molar-refractivity contribution in [2.75, 3.05) is 13.7 Å². The molecule has 0 radical (unpaired) electrons. The van der Waals surface area contributed by atoms with Crippen molar-refractivity contribution >= 4 is 54.7 Å². The second-order valence-corrected chi connectivity index (χ2v) is 12.5. The van der Waals surface area contributed by atoms with E-state index in [-0.39, 0.29) is 23.8 Å². The van der Waals surface area contributed by atoms with Gasteiger partial charge in [-0.1, -0.05) is 38.1 Å². The lowest BCUT2D eigenvalue weighted by Crippen LogP contribution is -2.21. The number of halogens is 2. The summed E-state index contributed by atoms with van der Waals surface area (Å²) in [6.45, 7) is 8.70. The molecule has 0 fully saturated rings. The molecule has 4 aromatic carbocycles. The van der Waals surface area contributed by atoms with Crippen LogP contribution in [0.25, 0.3) is 22.3 Å². The zero-order valence-corrected chi connectivity index (χ0v) is 29.6. The summed E-state index contributed by atoms with van der Waals surface area (Å²) in [4.78, 5) is 29.6. The third-order valence-electron chi connectivity index (χ3n) is 7.47. The molecule has 0 atom stereocenters. The summed E-state index contributed by atoms with van der Waals surface area (Å²) >= 11 is 7.22. The number of nitro benzene ring substituents is 1. The molecule has 1 heterocycles. The van der Waals surface area contributed by atoms with Crippen LogP contribution in [0.5, 0.6) is 17.2 Å². The number of nitro groups is 1. The van der Waals surface area contributed by atoms with E-state index in [2.05, 4.69) is 50.8 Å². The van der Waals surface area contributed by atoms with Gasteiger partial charge < -0.3 is 14.2 Å². The zero-order chi connectivity index (χ0) is 33.8. The van der Waals surface area contributed by atoms with Crippen LogP contribution in [0, 0.1) is 17.0 Å². The van der Waals surface area contributed by atoms with Crippen molar-refractivity contribution in [3.63, 3.8) is 0 Å². The lowest BCUT2D eigenvalue weighted by Gasteiger charge is -2.18. The van der Waals surface area contributed by atoms with Crippen LogP contribution in [0.4, 0.5) is 5.69 Å². The van der Waals surface area contributed by atoms with Crippen LogP contribution in [0.1, 0.15) is 48.9 Å². The van der Waals surface area contributed by atoms with Crippen LogP contribution in [0.2, 0.25) is 0 Å². The van der Waals surface area contributed by atoms with Gasteiger partial charge in [0.15, 0.2) is 17.3 Å². The highest BCUT2D eigenvalue weighted by molar-refractivity contribution is 9.13. The van der Waals surface area contributed by atoms with Crippen LogP contribution in [0.15, 0.2) is 85.6 Å². The highest BCUT2D eigenvalue weighted by Gasteiger charge is 2.20. The third kappa shape index (κ3) is 7.08. The fourth-order valence-corrected chi connectivity index (χ4v) is 6.03. The Labute approximate surface area is 288 Å². The molecule has 0 bridgehead atoms. The molecule has 0 aliphatic carbocycles. The van der Waals surface area contributed by atoms with Crippen LogP contribution >= 0.6 is 31.9 Å². The number of aryl methyl sites for hydroxylation is 1. The Balaban J connectivity index is 1.60. The first-order valence-electron chi connectivity index (χ1n) is 14.8. The van der Waals surface area contributed by atoms with Crippen molar-refractivity contribution in [1.29, 1.82) is 0 Å². The summed E-state index contributed by atoms with van der Waals surface area (Å²) in [6.07, 6.45) is 1.55. The number of para-hydroxylation sites is 1. The molecule has 0 saturated carbocycles. The number of rotatable bonds is 11. The third-order valence-corrected chi connectivity index (χ3v) is 9.61. The second-order valence-electron chi connectivity index (χ2n) is 10.9. The average molecular weight is 764 g/mol. The molecule has 242 valence electrons. The van der Waals surface area contributed by atoms with Gasteiger partial charge in [-0.2, -0.15) is 9.78 Å². The maximum atomic E-state index is 13.9. The van der Waals surface area contributed by atoms with E-state index >= 15 is 0 Å². The zero-order valence-electron chi connectivity index (χ0n) is 26.4. The fourth-order valence-electron chi connectivity index (χ4n) is 5.10. The van der Waals surface area contributed by atoms with E-state index in [0.29, 0.717) is 54.9 Å². The number of aromatic nitrogens is 2. The minimum absolute atomic E-state index is 0.0245. The summed E-state index contributed by atoms with van der Waals surface area (Å²) < 4.78 is 20.1. The molecule has 0 spiro atoms. The molecule has 5 aromatic rings. The van der Waals surface area contributed by atoms with Crippen molar-refractivity contribution in [2.45, 2.75) is 40.2 Å². The molecule has 5 rings (SSSR count). The molecule has 0 unspecified atom stereocenters. The summed E-state index contributed by atoms with van der Waals surface area (Å²) in [5.41, 5.74) is 4.09. The molecular formula is C35H32Br2N4O6. The quantitative estimate of drug-likeness (QED) is 0.0750. The number of fused-ring (bicyclic) bond motifs is 1. The molecule has 0 amide bonds. The Morgan fingerprint density at radius 2 is 1.79 bits per heavy atom. The number of non-ortho nitro benzene ring substituents is 1. The molecule has 1 aromatic heterocycles. The van der Waals surface area contributed by atoms with Gasteiger partial charge >= 0.3 is 0 Å². The Bertz CT molecular complexity index is 2080. The standard InChI is InChI=1S/C35H32Br2N4O6/c1-6-46-29-14-21(4)27(17-26(29)20(2)3)34-39-28-13-8-7-12-25(28)35(42)40(34)38-18-23-16-30(45-5)33(32(37)31(23)36)47-19-22-10-9-11-24(15-22)41(43)44/h7-18,20H,6,19H2,1-5H3. The topological polar surface area (TPSA) is 118 Å². The monoisotopic (exact) mass is 762 g/mol. The molecule has 0 aliphatic heterocycles. The first-order valence-corrected chi connectivity index (χ1v) is 16.4. The minimum Gasteiger partial charge on any atom is -0.494 e. The molecule has 47 heavy (non-hydrogen) atoms. The average Bonchev–Trinajstić information content (AvgIpc) is 3.05. The number of methoxy groups -OCH3 is 1. The maximum absolute atomic E-state index is 13.9. The van der Waals surface area contributed by atoms with Crippen molar-refractivity contribution in [3.8, 4) is 28.6 Å². The van der Waals surface area contributed by atoms with Gasteiger partial charge in [0.1, 0.15) is 12.4 Å². The van der Waals surface area contributed by atoms with Gasteiger partial charge in [-0.25, -0.2) is 4.98 Å². The maximum Gasteiger partial charge on any atom is 0.282 e. The van der Waals surface area contributed by atoms with Crippen molar-refractivity contribution in [3.05, 3.63) is 118 Å². The molecule has 12 heteroatoms. The van der Waals surface area contributed by atoms with Crippen molar-refractivity contribution in [2.24, 2.45) is 5.10 Å². The predicted octanol–water partition coefficient (Wildman–Crippen LogP) is 8.80. The molecule has 0 saturated heterocycles. The van der Waals surface area contributed by atoms with E-state index < -0.39 is 4.92 Å². The van der Waals surface area contributed by atoms with Crippen LogP contribution in [-0.4, -0.2) is 34.5 Å². The SMILES string of the molecule is CCOc1cc(C)c(-c2nc3ccccc3c(=O)n2N=Cc2cc(OC)c(OCc3cccc([N+](=O)[O-])c3)c(Br)c2Br)cc1C(C)C. The van der Waals surface area contributed by atoms with Crippen LogP contribution in [-0.2, 0) is 6.61 Å². The van der Waals surface area contributed by atoms with Crippen molar-refractivity contribution < 1.29 is 19.1 Å². The second kappa shape index (κ2) is 14.5. The lowest BCUT2D eigenvalue weighted by atomic mass is 9.96. The Hall–Kier alpha value is -4.55. The van der Waals surface area contributed by atoms with E-state index in [1.54, 1.807) is 36.5 Å². The number of hydrogen-bond donors (Lipinski definition) is 0. The molecule has 10 nitrogen and oxygen atoms in total. The van der Waals surface area contributed by atoms with Crippen LogP contribution < -0.4 is 19.8 Å². The predicted molar refractivity (Wildman–Crippen MR) is 190 cm³/mol. The van der Waals surface area contributed by atoms with E-state index in [1.165, 1.54) is 23.9 Å². The first kappa shape index (κ1) is 33.8. The Kier molecular flexibility index (Phi) is 10.4. The van der Waals surface area contributed by atoms with E-state index in [9.17, 15) is 14.9 Å². The highest BCUT2D eigenvalue weighted by atomic mass is 79.9. The van der Waals surface area contributed by atoms with E-state index in [1.807, 2.05) is 38.1 Å². The largest absolute Gasteiger partial charge is 0.494 e.